The van der Waals surface area contributed by atoms with Crippen LogP contribution in [0.4, 0.5) is 0 Å². The first-order valence-corrected chi connectivity index (χ1v) is 8.17. The van der Waals surface area contributed by atoms with Crippen LogP contribution >= 0.6 is 23.7 Å². The Bertz CT molecular complexity index is 668. The maximum Gasteiger partial charge on any atom is 0.223 e. The zero-order valence-corrected chi connectivity index (χ0v) is 13.6. The lowest BCUT2D eigenvalue weighted by Crippen LogP contribution is -2.59. The monoisotopic (exact) mass is 339 g/mol. The van der Waals surface area contributed by atoms with Crippen LogP contribution in [0.2, 0.25) is 0 Å². The largest absolute Gasteiger partial charge is 0.488 e. The number of ether oxygens (including phenoxy) is 1. The quantitative estimate of drug-likeness (QED) is 0.894. The molecule has 1 amide bonds. The number of nitrogens with zero attached hydrogens (tertiary/aromatic N) is 1. The summed E-state index contributed by atoms with van der Waals surface area (Å²) in [4.78, 5) is 16.3. The first kappa shape index (κ1) is 15.5. The molecule has 2 aromatic rings. The molecule has 0 atom stereocenters. The summed E-state index contributed by atoms with van der Waals surface area (Å²) in [7, 11) is 0. The Kier molecular flexibility index (Phi) is 4.52. The summed E-state index contributed by atoms with van der Waals surface area (Å²) in [6.07, 6.45) is 1.73. The third-order valence-corrected chi connectivity index (χ3v) is 5.00. The lowest BCUT2D eigenvalue weighted by molar-refractivity contribution is -0.131. The van der Waals surface area contributed by atoms with Crippen molar-refractivity contribution in [2.24, 2.45) is 5.92 Å². The van der Waals surface area contributed by atoms with Gasteiger partial charge in [0.1, 0.15) is 17.4 Å². The van der Waals surface area contributed by atoms with Crippen LogP contribution in [0, 0.1) is 5.92 Å². The molecule has 1 aromatic carbocycles. The number of amides is 1. The summed E-state index contributed by atoms with van der Waals surface area (Å²) < 4.78 is 7.14. The van der Waals surface area contributed by atoms with E-state index in [0.29, 0.717) is 6.04 Å². The molecule has 0 radical (unpaired) electrons. The molecule has 118 valence electrons. The molecule has 1 aliphatic carbocycles. The molecule has 5 nitrogen and oxygen atoms in total. The molecule has 4 rings (SSSR count). The number of hydrogen-bond donors (Lipinski definition) is 2. The van der Waals surface area contributed by atoms with Crippen molar-refractivity contribution in [1.29, 1.82) is 0 Å². The topological polar surface area (TPSA) is 63.2 Å². The van der Waals surface area contributed by atoms with E-state index in [-0.39, 0.29) is 30.3 Å². The van der Waals surface area contributed by atoms with E-state index in [4.69, 9.17) is 4.74 Å². The Balaban J connectivity index is 0.00000144. The number of benzene rings is 1. The zero-order valence-electron chi connectivity index (χ0n) is 12.0. The number of rotatable bonds is 4. The Morgan fingerprint density at radius 2 is 2.18 bits per heavy atom. The van der Waals surface area contributed by atoms with E-state index < -0.39 is 0 Å². The van der Waals surface area contributed by atoms with Gasteiger partial charge in [-0.3, -0.25) is 4.79 Å². The third kappa shape index (κ3) is 2.91. The zero-order chi connectivity index (χ0) is 14.2. The molecule has 2 N–H and O–H groups in total. The number of fused-ring (bicyclic) bond motifs is 1. The molecule has 1 saturated heterocycles. The second-order valence-corrected chi connectivity index (χ2v) is 6.61. The van der Waals surface area contributed by atoms with E-state index in [2.05, 4.69) is 15.6 Å². The summed E-state index contributed by atoms with van der Waals surface area (Å²) in [5.74, 6) is 1.11. The van der Waals surface area contributed by atoms with E-state index in [1.165, 1.54) is 0 Å². The van der Waals surface area contributed by atoms with Gasteiger partial charge in [0.15, 0.2) is 0 Å². The lowest BCUT2D eigenvalue weighted by atomic mass is 9.81. The van der Waals surface area contributed by atoms with E-state index >= 15 is 0 Å². The second-order valence-electron chi connectivity index (χ2n) is 5.73. The molecule has 0 unspecified atom stereocenters. The molecule has 0 bridgehead atoms. The fraction of sp³-hybridized carbons (Fsp3) is 0.467. The second kappa shape index (κ2) is 6.40. The maximum absolute atomic E-state index is 12.0. The Morgan fingerprint density at radius 3 is 2.91 bits per heavy atom. The van der Waals surface area contributed by atoms with Gasteiger partial charge in [0.05, 0.1) is 16.3 Å². The van der Waals surface area contributed by atoms with Gasteiger partial charge in [-0.1, -0.05) is 6.07 Å². The molecule has 2 fully saturated rings. The fourth-order valence-electron chi connectivity index (χ4n) is 2.72. The van der Waals surface area contributed by atoms with Crippen molar-refractivity contribution >= 4 is 39.9 Å². The number of hydrogen-bond acceptors (Lipinski definition) is 5. The normalized spacial score (nSPS) is 24.0. The number of para-hydroxylation sites is 1. The lowest BCUT2D eigenvalue weighted by Gasteiger charge is -2.36. The summed E-state index contributed by atoms with van der Waals surface area (Å²) in [6.45, 7) is 1.79. The summed E-state index contributed by atoms with van der Waals surface area (Å²) >= 11 is 1.61. The van der Waals surface area contributed by atoms with Crippen LogP contribution < -0.4 is 15.4 Å². The highest BCUT2D eigenvalue weighted by atomic mass is 35.5. The van der Waals surface area contributed by atoms with Gasteiger partial charge in [-0.05, 0) is 25.0 Å². The van der Waals surface area contributed by atoms with Crippen LogP contribution in [-0.4, -0.2) is 36.1 Å². The SMILES string of the molecule is Cl.O=C(NC1CNC1)[C@H]1C[C@H](Oc2cccc3scnc23)C1. The van der Waals surface area contributed by atoms with Gasteiger partial charge in [0, 0.05) is 19.0 Å². The smallest absolute Gasteiger partial charge is 0.223 e. The predicted octanol–water partition coefficient (Wildman–Crippen LogP) is 1.96. The van der Waals surface area contributed by atoms with Gasteiger partial charge >= 0.3 is 0 Å². The molecule has 1 aromatic heterocycles. The summed E-state index contributed by atoms with van der Waals surface area (Å²) in [5, 5.41) is 6.21. The summed E-state index contributed by atoms with van der Waals surface area (Å²) in [5.41, 5.74) is 2.76. The number of nitrogens with one attached hydrogen (secondary N) is 2. The first-order valence-electron chi connectivity index (χ1n) is 7.29. The van der Waals surface area contributed by atoms with Crippen molar-refractivity contribution < 1.29 is 9.53 Å². The van der Waals surface area contributed by atoms with Gasteiger partial charge < -0.3 is 15.4 Å². The van der Waals surface area contributed by atoms with Crippen molar-refractivity contribution in [3.8, 4) is 5.75 Å². The maximum atomic E-state index is 12.0. The van der Waals surface area contributed by atoms with Crippen LogP contribution in [0.25, 0.3) is 10.2 Å². The minimum absolute atomic E-state index is 0. The van der Waals surface area contributed by atoms with Crippen molar-refractivity contribution in [3.05, 3.63) is 23.7 Å². The average Bonchev–Trinajstić information content (AvgIpc) is 2.86. The molecule has 1 saturated carbocycles. The van der Waals surface area contributed by atoms with Gasteiger partial charge in [0.25, 0.3) is 0 Å². The molecular formula is C15H18ClN3O2S. The number of halogens is 1. The van der Waals surface area contributed by atoms with Crippen LogP contribution in [0.5, 0.6) is 5.75 Å². The van der Waals surface area contributed by atoms with Gasteiger partial charge in [-0.25, -0.2) is 4.98 Å². The Labute approximate surface area is 138 Å². The number of thiazole rings is 1. The Hall–Kier alpha value is -1.37. The van der Waals surface area contributed by atoms with Gasteiger partial charge in [-0.15, -0.1) is 23.7 Å². The van der Waals surface area contributed by atoms with Crippen molar-refractivity contribution in [2.75, 3.05) is 13.1 Å². The molecular weight excluding hydrogens is 322 g/mol. The Morgan fingerprint density at radius 1 is 1.36 bits per heavy atom. The molecule has 2 heterocycles. The third-order valence-electron chi connectivity index (χ3n) is 4.21. The van der Waals surface area contributed by atoms with Crippen LogP contribution in [0.3, 0.4) is 0 Å². The van der Waals surface area contributed by atoms with Crippen molar-refractivity contribution in [1.82, 2.24) is 15.6 Å². The van der Waals surface area contributed by atoms with Gasteiger partial charge in [-0.2, -0.15) is 0 Å². The number of carbonyl (C=O) groups is 1. The summed E-state index contributed by atoms with van der Waals surface area (Å²) in [6, 6.07) is 6.31. The van der Waals surface area contributed by atoms with Crippen molar-refractivity contribution in [2.45, 2.75) is 25.0 Å². The number of aromatic nitrogens is 1. The highest BCUT2D eigenvalue weighted by molar-refractivity contribution is 7.16. The van der Waals surface area contributed by atoms with Crippen LogP contribution in [-0.2, 0) is 4.79 Å². The van der Waals surface area contributed by atoms with E-state index in [1.54, 1.807) is 11.3 Å². The molecule has 0 spiro atoms. The molecule has 7 heteroatoms. The highest BCUT2D eigenvalue weighted by Gasteiger charge is 2.37. The van der Waals surface area contributed by atoms with E-state index in [0.717, 1.165) is 41.9 Å². The van der Waals surface area contributed by atoms with E-state index in [9.17, 15) is 4.79 Å². The molecule has 22 heavy (non-hydrogen) atoms. The molecule has 1 aliphatic heterocycles. The fourth-order valence-corrected chi connectivity index (χ4v) is 3.41. The van der Waals surface area contributed by atoms with E-state index in [1.807, 2.05) is 23.7 Å². The number of carbonyl (C=O) groups excluding carboxylic acids is 1. The van der Waals surface area contributed by atoms with Crippen LogP contribution in [0.15, 0.2) is 23.7 Å². The van der Waals surface area contributed by atoms with Crippen molar-refractivity contribution in [3.63, 3.8) is 0 Å². The van der Waals surface area contributed by atoms with Crippen LogP contribution in [0.1, 0.15) is 12.8 Å². The standard InChI is InChI=1S/C15H17N3O2S.ClH/c19-15(18-10-6-16-7-10)9-4-11(5-9)20-12-2-1-3-13-14(12)17-8-21-13;/h1-3,8-11,16H,4-7H2,(H,18,19);1H/t9-,11-;. The predicted molar refractivity (Wildman–Crippen MR) is 88.8 cm³/mol. The first-order chi connectivity index (χ1) is 10.3. The minimum atomic E-state index is 0. The minimum Gasteiger partial charge on any atom is -0.488 e. The average molecular weight is 340 g/mol. The van der Waals surface area contributed by atoms with Gasteiger partial charge in [0.2, 0.25) is 5.91 Å². The highest BCUT2D eigenvalue weighted by Crippen LogP contribution is 2.34. The molecule has 2 aliphatic rings.